The van der Waals surface area contributed by atoms with Gasteiger partial charge in [0.25, 0.3) is 0 Å². The molecule has 0 atom stereocenters. The molecule has 3 amide bonds. The molecule has 10 heteroatoms. The number of likely N-dealkylation sites (tertiary alicyclic amines) is 1. The van der Waals surface area contributed by atoms with Gasteiger partial charge in [-0.2, -0.15) is 13.2 Å². The zero-order valence-electron chi connectivity index (χ0n) is 14.6. The summed E-state index contributed by atoms with van der Waals surface area (Å²) in [6.07, 6.45) is -3.58. The Hall–Kier alpha value is -2.36. The molecule has 0 unspecified atom stereocenters. The van der Waals surface area contributed by atoms with Crippen LogP contribution in [0.5, 0.6) is 0 Å². The molecule has 148 valence electrons. The molecule has 2 aliphatic heterocycles. The minimum Gasteiger partial charge on any atom is -0.324 e. The number of nitrogens with one attached hydrogen (secondary N) is 1. The first-order valence-electron chi connectivity index (χ1n) is 8.56. The first-order valence-corrected chi connectivity index (χ1v) is 8.56. The molecular formula is C17H19F4N3O3. The highest BCUT2D eigenvalue weighted by atomic mass is 19.4. The van der Waals surface area contributed by atoms with Crippen LogP contribution in [0.15, 0.2) is 18.2 Å². The fraction of sp³-hybridized carbons (Fsp3) is 0.529. The number of nitrogens with zero attached hydrogens (tertiary/aromatic N) is 2. The fourth-order valence-corrected chi connectivity index (χ4v) is 3.30. The normalized spacial score (nSPS) is 19.7. The van der Waals surface area contributed by atoms with Crippen molar-refractivity contribution in [3.05, 3.63) is 29.6 Å². The van der Waals surface area contributed by atoms with E-state index in [2.05, 4.69) is 5.32 Å². The van der Waals surface area contributed by atoms with E-state index in [1.165, 1.54) is 9.96 Å². The standard InChI is InChI=1S/C17H19F4N3O3/c1-2-24-14(25)10-16(27-24)5-7-23(8-6-16)15(26)22-13-9-11(17(19,20)21)3-4-12(13)18/h3-4,9H,2,5-8,10H2,1H3,(H,22,26). The molecule has 1 spiro atoms. The number of piperidine rings is 1. The predicted octanol–water partition coefficient (Wildman–Crippen LogP) is 3.39. The second-order valence-corrected chi connectivity index (χ2v) is 6.65. The second kappa shape index (κ2) is 6.99. The molecule has 2 saturated heterocycles. The zero-order chi connectivity index (χ0) is 19.8. The lowest BCUT2D eigenvalue weighted by atomic mass is 9.89. The number of halogens is 4. The molecule has 1 aromatic rings. The average molecular weight is 389 g/mol. The lowest BCUT2D eigenvalue weighted by Gasteiger charge is -2.37. The van der Waals surface area contributed by atoms with Crippen molar-refractivity contribution in [3.8, 4) is 0 Å². The number of hydrogen-bond donors (Lipinski definition) is 1. The number of urea groups is 1. The highest BCUT2D eigenvalue weighted by molar-refractivity contribution is 5.89. The lowest BCUT2D eigenvalue weighted by molar-refractivity contribution is -0.206. The van der Waals surface area contributed by atoms with Crippen molar-refractivity contribution in [2.45, 2.75) is 38.0 Å². The quantitative estimate of drug-likeness (QED) is 0.789. The maximum Gasteiger partial charge on any atom is 0.416 e. The molecule has 27 heavy (non-hydrogen) atoms. The minimum absolute atomic E-state index is 0.110. The van der Waals surface area contributed by atoms with Crippen LogP contribution in [-0.2, 0) is 15.8 Å². The summed E-state index contributed by atoms with van der Waals surface area (Å²) in [6, 6.07) is 1.15. The molecule has 2 fully saturated rings. The van der Waals surface area contributed by atoms with Crippen LogP contribution in [0, 0.1) is 5.82 Å². The average Bonchev–Trinajstić information content (AvgIpc) is 2.91. The van der Waals surface area contributed by atoms with Gasteiger partial charge in [-0.1, -0.05) is 0 Å². The van der Waals surface area contributed by atoms with Crippen molar-refractivity contribution >= 4 is 17.6 Å². The van der Waals surface area contributed by atoms with Gasteiger partial charge in [-0.05, 0) is 38.0 Å². The van der Waals surface area contributed by atoms with E-state index in [9.17, 15) is 27.2 Å². The molecule has 0 saturated carbocycles. The Morgan fingerprint density at radius 3 is 2.52 bits per heavy atom. The van der Waals surface area contributed by atoms with Gasteiger partial charge in [0.05, 0.1) is 17.7 Å². The Morgan fingerprint density at radius 1 is 1.30 bits per heavy atom. The van der Waals surface area contributed by atoms with E-state index < -0.39 is 34.9 Å². The van der Waals surface area contributed by atoms with Crippen LogP contribution < -0.4 is 5.32 Å². The van der Waals surface area contributed by atoms with Crippen LogP contribution in [0.2, 0.25) is 0 Å². The van der Waals surface area contributed by atoms with Crippen LogP contribution in [-0.4, -0.2) is 47.1 Å². The SMILES string of the molecule is CCN1OC2(CCN(C(=O)Nc3cc(C(F)(F)F)ccc3F)CC2)CC1=O. The number of alkyl halides is 3. The number of rotatable bonds is 2. The largest absolute Gasteiger partial charge is 0.416 e. The Labute approximate surface area is 153 Å². The summed E-state index contributed by atoms with van der Waals surface area (Å²) in [5.41, 5.74) is -2.22. The number of carbonyl (C=O) groups is 2. The Balaban J connectivity index is 1.63. The van der Waals surface area contributed by atoms with Gasteiger partial charge in [0, 0.05) is 19.6 Å². The van der Waals surface area contributed by atoms with Crippen molar-refractivity contribution in [2.24, 2.45) is 0 Å². The van der Waals surface area contributed by atoms with E-state index >= 15 is 0 Å². The molecule has 1 N–H and O–H groups in total. The summed E-state index contributed by atoms with van der Waals surface area (Å²) in [5.74, 6) is -1.06. The molecule has 2 heterocycles. The van der Waals surface area contributed by atoms with Crippen molar-refractivity contribution in [3.63, 3.8) is 0 Å². The number of amides is 3. The summed E-state index contributed by atoms with van der Waals surface area (Å²) in [5, 5.41) is 3.49. The van der Waals surface area contributed by atoms with Crippen LogP contribution in [0.25, 0.3) is 0 Å². The second-order valence-electron chi connectivity index (χ2n) is 6.65. The van der Waals surface area contributed by atoms with E-state index in [-0.39, 0.29) is 25.4 Å². The van der Waals surface area contributed by atoms with Crippen molar-refractivity contribution < 1.29 is 32.0 Å². The molecular weight excluding hydrogens is 370 g/mol. The van der Waals surface area contributed by atoms with E-state index in [0.717, 1.165) is 0 Å². The van der Waals surface area contributed by atoms with Gasteiger partial charge in [-0.15, -0.1) is 0 Å². The van der Waals surface area contributed by atoms with Crippen molar-refractivity contribution in [1.29, 1.82) is 0 Å². The minimum atomic E-state index is -4.64. The third-order valence-corrected chi connectivity index (χ3v) is 4.84. The number of hydrogen-bond acceptors (Lipinski definition) is 3. The summed E-state index contributed by atoms with van der Waals surface area (Å²) in [6.45, 7) is 2.72. The summed E-state index contributed by atoms with van der Waals surface area (Å²) >= 11 is 0. The monoisotopic (exact) mass is 389 g/mol. The molecule has 3 rings (SSSR count). The molecule has 0 radical (unpaired) electrons. The molecule has 0 bridgehead atoms. The van der Waals surface area contributed by atoms with Crippen LogP contribution in [0.4, 0.5) is 28.0 Å². The van der Waals surface area contributed by atoms with E-state index in [1.54, 1.807) is 6.92 Å². The zero-order valence-corrected chi connectivity index (χ0v) is 14.6. The molecule has 0 aromatic heterocycles. The fourth-order valence-electron chi connectivity index (χ4n) is 3.30. The highest BCUT2D eigenvalue weighted by Crippen LogP contribution is 2.37. The predicted molar refractivity (Wildman–Crippen MR) is 87.0 cm³/mol. The van der Waals surface area contributed by atoms with Crippen LogP contribution >= 0.6 is 0 Å². The van der Waals surface area contributed by atoms with Gasteiger partial charge in [0.2, 0.25) is 5.91 Å². The third-order valence-electron chi connectivity index (χ3n) is 4.84. The van der Waals surface area contributed by atoms with Gasteiger partial charge in [0.15, 0.2) is 0 Å². The van der Waals surface area contributed by atoms with Crippen molar-refractivity contribution in [1.82, 2.24) is 9.96 Å². The van der Waals surface area contributed by atoms with Crippen molar-refractivity contribution in [2.75, 3.05) is 25.0 Å². The Bertz CT molecular complexity index is 745. The number of benzene rings is 1. The Kier molecular flexibility index (Phi) is 5.02. The third kappa shape index (κ3) is 4.00. The van der Waals surface area contributed by atoms with E-state index in [0.29, 0.717) is 37.6 Å². The first kappa shape index (κ1) is 19.4. The first-order chi connectivity index (χ1) is 12.6. The van der Waals surface area contributed by atoms with Gasteiger partial charge in [-0.25, -0.2) is 14.2 Å². The molecule has 6 nitrogen and oxygen atoms in total. The van der Waals surface area contributed by atoms with Crippen LogP contribution in [0.3, 0.4) is 0 Å². The van der Waals surface area contributed by atoms with Gasteiger partial charge in [-0.3, -0.25) is 9.63 Å². The maximum absolute atomic E-state index is 13.8. The summed E-state index contributed by atoms with van der Waals surface area (Å²) in [4.78, 5) is 31.3. The Morgan fingerprint density at radius 2 is 1.96 bits per heavy atom. The number of hydroxylamine groups is 2. The van der Waals surface area contributed by atoms with E-state index in [4.69, 9.17) is 4.84 Å². The molecule has 1 aromatic carbocycles. The lowest BCUT2D eigenvalue weighted by Crippen LogP contribution is -2.48. The molecule has 0 aliphatic carbocycles. The smallest absolute Gasteiger partial charge is 0.324 e. The molecule has 2 aliphatic rings. The topological polar surface area (TPSA) is 61.9 Å². The maximum atomic E-state index is 13.8. The number of anilines is 1. The highest BCUT2D eigenvalue weighted by Gasteiger charge is 2.47. The van der Waals surface area contributed by atoms with E-state index in [1.807, 2.05) is 0 Å². The summed E-state index contributed by atoms with van der Waals surface area (Å²) in [7, 11) is 0. The van der Waals surface area contributed by atoms with Gasteiger partial charge < -0.3 is 10.2 Å². The van der Waals surface area contributed by atoms with Gasteiger partial charge >= 0.3 is 12.2 Å². The number of carbonyl (C=O) groups excluding carboxylic acids is 2. The van der Waals surface area contributed by atoms with Crippen LogP contribution in [0.1, 0.15) is 31.7 Å². The summed E-state index contributed by atoms with van der Waals surface area (Å²) < 4.78 is 52.1. The van der Waals surface area contributed by atoms with Gasteiger partial charge in [0.1, 0.15) is 11.4 Å².